The molecular formula is C25H26ClN5O3. The van der Waals surface area contributed by atoms with Crippen molar-refractivity contribution >= 4 is 52.1 Å². The maximum Gasteiger partial charge on any atom is 0.229 e. The molecule has 0 aliphatic rings. The molecule has 9 heteroatoms. The Hall–Kier alpha value is -3.91. The van der Waals surface area contributed by atoms with Crippen LogP contribution in [0.15, 0.2) is 61.3 Å². The molecule has 0 spiro atoms. The standard InChI is InChI=1S/C25H26ClN5O3/c1-5-19(33)13-17-9-7-8-10-21(17)28-24-20(26)15-27-25(30-24)29-22-12-11-18(14-23(22)34-4)31(6-2)16(3)32/h5,7-12,14-15H,1,6,13H2,2-4H3,(H2,27,28,29,30). The minimum atomic E-state index is -0.0904. The second-order valence-corrected chi connectivity index (χ2v) is 7.70. The summed E-state index contributed by atoms with van der Waals surface area (Å²) in [5.41, 5.74) is 2.84. The largest absolute Gasteiger partial charge is 0.494 e. The third-order valence-corrected chi connectivity index (χ3v) is 5.32. The number of hydrogen-bond acceptors (Lipinski definition) is 7. The summed E-state index contributed by atoms with van der Waals surface area (Å²) in [5.74, 6) is 1.04. The summed E-state index contributed by atoms with van der Waals surface area (Å²) in [6, 6.07) is 12.8. The van der Waals surface area contributed by atoms with Gasteiger partial charge in [-0.2, -0.15) is 4.98 Å². The normalized spacial score (nSPS) is 10.4. The van der Waals surface area contributed by atoms with Gasteiger partial charge in [0.25, 0.3) is 0 Å². The van der Waals surface area contributed by atoms with Gasteiger partial charge in [-0.1, -0.05) is 36.4 Å². The minimum absolute atomic E-state index is 0.0583. The van der Waals surface area contributed by atoms with Crippen LogP contribution in [0.3, 0.4) is 0 Å². The molecule has 0 aliphatic heterocycles. The summed E-state index contributed by atoms with van der Waals surface area (Å²) >= 11 is 6.33. The molecule has 1 heterocycles. The highest BCUT2D eigenvalue weighted by molar-refractivity contribution is 6.33. The average molecular weight is 480 g/mol. The molecule has 0 saturated carbocycles. The van der Waals surface area contributed by atoms with Crippen molar-refractivity contribution in [3.05, 3.63) is 71.9 Å². The number of amides is 1. The number of aromatic nitrogens is 2. The topological polar surface area (TPSA) is 96.5 Å². The summed E-state index contributed by atoms with van der Waals surface area (Å²) in [6.45, 7) is 7.49. The zero-order valence-corrected chi connectivity index (χ0v) is 20.0. The number of hydrogen-bond donors (Lipinski definition) is 2. The first-order valence-electron chi connectivity index (χ1n) is 10.6. The highest BCUT2D eigenvalue weighted by Gasteiger charge is 2.15. The molecule has 34 heavy (non-hydrogen) atoms. The van der Waals surface area contributed by atoms with E-state index in [2.05, 4.69) is 27.2 Å². The van der Waals surface area contributed by atoms with Crippen LogP contribution in [0.4, 0.5) is 28.8 Å². The van der Waals surface area contributed by atoms with Gasteiger partial charge in [0.2, 0.25) is 11.9 Å². The Morgan fingerprint density at radius 3 is 2.62 bits per heavy atom. The molecule has 0 saturated heterocycles. The number of nitrogens with zero attached hydrogens (tertiary/aromatic N) is 3. The number of anilines is 5. The van der Waals surface area contributed by atoms with E-state index in [0.717, 1.165) is 11.3 Å². The Morgan fingerprint density at radius 1 is 1.18 bits per heavy atom. The van der Waals surface area contributed by atoms with Crippen LogP contribution in [0, 0.1) is 0 Å². The van der Waals surface area contributed by atoms with Crippen LogP contribution in [0.1, 0.15) is 19.4 Å². The fraction of sp³-hybridized carbons (Fsp3) is 0.200. The fourth-order valence-electron chi connectivity index (χ4n) is 3.36. The van der Waals surface area contributed by atoms with Crippen LogP contribution in [-0.2, 0) is 16.0 Å². The summed E-state index contributed by atoms with van der Waals surface area (Å²) in [5, 5.41) is 6.63. The summed E-state index contributed by atoms with van der Waals surface area (Å²) in [6.07, 6.45) is 2.98. The number of halogens is 1. The van der Waals surface area contributed by atoms with Crippen molar-refractivity contribution in [2.45, 2.75) is 20.3 Å². The van der Waals surface area contributed by atoms with Gasteiger partial charge < -0.3 is 20.3 Å². The molecule has 2 aromatic carbocycles. The van der Waals surface area contributed by atoms with Gasteiger partial charge in [-0.3, -0.25) is 9.59 Å². The lowest BCUT2D eigenvalue weighted by molar-refractivity contribution is -0.116. The number of rotatable bonds is 10. The minimum Gasteiger partial charge on any atom is -0.494 e. The van der Waals surface area contributed by atoms with Crippen molar-refractivity contribution < 1.29 is 14.3 Å². The molecule has 2 N–H and O–H groups in total. The van der Waals surface area contributed by atoms with Crippen LogP contribution in [-0.4, -0.2) is 35.3 Å². The summed E-state index contributed by atoms with van der Waals surface area (Å²) < 4.78 is 5.51. The van der Waals surface area contributed by atoms with E-state index in [4.69, 9.17) is 16.3 Å². The third kappa shape index (κ3) is 5.90. The Bertz CT molecular complexity index is 1210. The molecule has 0 fully saturated rings. The molecule has 0 radical (unpaired) electrons. The van der Waals surface area contributed by atoms with Gasteiger partial charge in [-0.05, 0) is 36.8 Å². The Labute approximate surface area is 203 Å². The van der Waals surface area contributed by atoms with Crippen molar-refractivity contribution in [2.24, 2.45) is 0 Å². The molecule has 3 rings (SSSR count). The van der Waals surface area contributed by atoms with E-state index in [1.807, 2.05) is 37.3 Å². The van der Waals surface area contributed by atoms with Gasteiger partial charge in [0.05, 0.1) is 19.0 Å². The van der Waals surface area contributed by atoms with E-state index < -0.39 is 0 Å². The summed E-state index contributed by atoms with van der Waals surface area (Å²) in [4.78, 5) is 34.1. The molecule has 0 unspecified atom stereocenters. The highest BCUT2D eigenvalue weighted by Crippen LogP contribution is 2.33. The van der Waals surface area contributed by atoms with Crippen LogP contribution >= 0.6 is 11.6 Å². The zero-order chi connectivity index (χ0) is 24.7. The molecule has 1 aromatic heterocycles. The third-order valence-electron chi connectivity index (χ3n) is 5.05. The smallest absolute Gasteiger partial charge is 0.229 e. The monoisotopic (exact) mass is 479 g/mol. The van der Waals surface area contributed by atoms with E-state index in [1.54, 1.807) is 24.1 Å². The fourth-order valence-corrected chi connectivity index (χ4v) is 3.50. The number of carbonyl (C=O) groups excluding carboxylic acids is 2. The molecule has 1 amide bonds. The zero-order valence-electron chi connectivity index (χ0n) is 19.3. The van der Waals surface area contributed by atoms with Gasteiger partial charge in [0.1, 0.15) is 10.8 Å². The number of methoxy groups -OCH3 is 1. The SMILES string of the molecule is C=CC(=O)Cc1ccccc1Nc1nc(Nc2ccc(N(CC)C(C)=O)cc2OC)ncc1Cl. The number of ether oxygens (including phenoxy) is 1. The van der Waals surface area contributed by atoms with Crippen LogP contribution < -0.4 is 20.3 Å². The van der Waals surface area contributed by atoms with Gasteiger partial charge in [0, 0.05) is 37.3 Å². The molecule has 3 aromatic rings. The van der Waals surface area contributed by atoms with Crippen LogP contribution in [0.5, 0.6) is 5.75 Å². The quantitative estimate of drug-likeness (QED) is 0.381. The van der Waals surface area contributed by atoms with E-state index in [1.165, 1.54) is 19.2 Å². The predicted molar refractivity (Wildman–Crippen MR) is 136 cm³/mol. The first kappa shape index (κ1) is 24.7. The van der Waals surface area contributed by atoms with Crippen molar-refractivity contribution in [1.82, 2.24) is 9.97 Å². The van der Waals surface area contributed by atoms with Crippen LogP contribution in [0.2, 0.25) is 5.02 Å². The summed E-state index contributed by atoms with van der Waals surface area (Å²) in [7, 11) is 1.55. The number of nitrogens with one attached hydrogen (secondary N) is 2. The lowest BCUT2D eigenvalue weighted by Gasteiger charge is -2.21. The Kier molecular flexibility index (Phi) is 8.21. The molecule has 0 aliphatic carbocycles. The van der Waals surface area contributed by atoms with Crippen molar-refractivity contribution in [1.29, 1.82) is 0 Å². The highest BCUT2D eigenvalue weighted by atomic mass is 35.5. The molecule has 176 valence electrons. The number of ketones is 1. The predicted octanol–water partition coefficient (Wildman–Crippen LogP) is 5.30. The van der Waals surface area contributed by atoms with Gasteiger partial charge in [-0.25, -0.2) is 4.98 Å². The number of benzene rings is 2. The van der Waals surface area contributed by atoms with E-state index >= 15 is 0 Å². The molecular weight excluding hydrogens is 454 g/mol. The van der Waals surface area contributed by atoms with Gasteiger partial charge in [-0.15, -0.1) is 0 Å². The molecule has 0 atom stereocenters. The second kappa shape index (κ2) is 11.3. The first-order chi connectivity index (χ1) is 16.4. The average Bonchev–Trinajstić information content (AvgIpc) is 2.83. The maximum atomic E-state index is 11.9. The van der Waals surface area contributed by atoms with Gasteiger partial charge >= 0.3 is 0 Å². The van der Waals surface area contributed by atoms with E-state index in [0.29, 0.717) is 34.5 Å². The van der Waals surface area contributed by atoms with E-state index in [9.17, 15) is 9.59 Å². The number of allylic oxidation sites excluding steroid dienone is 1. The van der Waals surface area contributed by atoms with Crippen LogP contribution in [0.25, 0.3) is 0 Å². The van der Waals surface area contributed by atoms with E-state index in [-0.39, 0.29) is 24.1 Å². The number of para-hydroxylation sites is 1. The molecule has 8 nitrogen and oxygen atoms in total. The Morgan fingerprint density at radius 2 is 1.94 bits per heavy atom. The van der Waals surface area contributed by atoms with Gasteiger partial charge in [0.15, 0.2) is 11.6 Å². The Balaban J connectivity index is 1.87. The molecule has 0 bridgehead atoms. The lowest BCUT2D eigenvalue weighted by Crippen LogP contribution is -2.27. The van der Waals surface area contributed by atoms with Crippen molar-refractivity contribution in [3.63, 3.8) is 0 Å². The lowest BCUT2D eigenvalue weighted by atomic mass is 10.1. The number of carbonyl (C=O) groups is 2. The van der Waals surface area contributed by atoms with Crippen molar-refractivity contribution in [2.75, 3.05) is 29.2 Å². The van der Waals surface area contributed by atoms with Crippen molar-refractivity contribution in [3.8, 4) is 5.75 Å². The first-order valence-corrected chi connectivity index (χ1v) is 11.0. The maximum absolute atomic E-state index is 11.9. The second-order valence-electron chi connectivity index (χ2n) is 7.29.